The number of para-hydroxylation sites is 1. The molecule has 1 saturated heterocycles. The molecule has 0 amide bonds. The Kier molecular flexibility index (Phi) is 10.8. The molecule has 1 aliphatic rings. The summed E-state index contributed by atoms with van der Waals surface area (Å²) in [7, 11) is 1.31. The number of hydrogen-bond donors (Lipinski definition) is 0. The summed E-state index contributed by atoms with van der Waals surface area (Å²) < 4.78 is 38.5. The van der Waals surface area contributed by atoms with Gasteiger partial charge in [-0.1, -0.05) is 42.5 Å². The highest BCUT2D eigenvalue weighted by Crippen LogP contribution is 2.35. The van der Waals surface area contributed by atoms with Gasteiger partial charge >= 0.3 is 29.8 Å². The maximum Gasteiger partial charge on any atom is 0.309 e. The van der Waals surface area contributed by atoms with Crippen LogP contribution in [0.2, 0.25) is 0 Å². The summed E-state index contributed by atoms with van der Waals surface area (Å²) in [5.41, 5.74) is 2.01. The molecular formula is C29H32O12. The molecule has 0 aliphatic carbocycles. The van der Waals surface area contributed by atoms with Gasteiger partial charge in [0.2, 0.25) is 12.4 Å². The summed E-state index contributed by atoms with van der Waals surface area (Å²) >= 11 is 0. The molecule has 5 atom stereocenters. The average Bonchev–Trinajstić information content (AvgIpc) is 2.90. The average molecular weight is 573 g/mol. The lowest BCUT2D eigenvalue weighted by molar-refractivity contribution is -0.288. The molecule has 12 heteroatoms. The summed E-state index contributed by atoms with van der Waals surface area (Å²) in [5, 5.41) is 0. The maximum absolute atomic E-state index is 12.1. The normalized spacial score (nSPS) is 21.6. The highest BCUT2D eigenvalue weighted by Gasteiger charge is 2.53. The minimum atomic E-state index is -1.39. The third-order valence-electron chi connectivity index (χ3n) is 5.89. The lowest BCUT2D eigenvalue weighted by atomic mass is 9.97. The van der Waals surface area contributed by atoms with Crippen molar-refractivity contribution in [1.29, 1.82) is 0 Å². The van der Waals surface area contributed by atoms with Crippen LogP contribution in [0.15, 0.2) is 48.5 Å². The van der Waals surface area contributed by atoms with E-state index < -0.39 is 60.6 Å². The molecule has 0 N–H and O–H groups in total. The smallest absolute Gasteiger partial charge is 0.309 e. The van der Waals surface area contributed by atoms with Crippen molar-refractivity contribution >= 4 is 29.8 Å². The maximum atomic E-state index is 12.1. The van der Waals surface area contributed by atoms with Gasteiger partial charge in [0, 0.05) is 33.3 Å². The van der Waals surface area contributed by atoms with E-state index >= 15 is 0 Å². The molecule has 1 fully saturated rings. The minimum Gasteiger partial charge on any atom is -0.469 e. The van der Waals surface area contributed by atoms with Crippen molar-refractivity contribution in [3.05, 3.63) is 54.1 Å². The molecule has 2 aromatic carbocycles. The molecule has 0 unspecified atom stereocenters. The molecule has 1 aliphatic heterocycles. The first-order valence-electron chi connectivity index (χ1n) is 12.7. The summed E-state index contributed by atoms with van der Waals surface area (Å²) in [6.07, 6.45) is -6.53. The number of carbonyl (C=O) groups is 5. The fraction of sp³-hybridized carbons (Fsp3) is 0.414. The zero-order valence-corrected chi connectivity index (χ0v) is 23.3. The second kappa shape index (κ2) is 14.3. The number of esters is 5. The van der Waals surface area contributed by atoms with Crippen LogP contribution in [0, 0.1) is 0 Å². The Hall–Kier alpha value is -4.45. The summed E-state index contributed by atoms with van der Waals surface area (Å²) in [4.78, 5) is 59.5. The van der Waals surface area contributed by atoms with Crippen LogP contribution >= 0.6 is 0 Å². The van der Waals surface area contributed by atoms with Crippen molar-refractivity contribution in [2.24, 2.45) is 0 Å². The Bertz CT molecular complexity index is 1270. The van der Waals surface area contributed by atoms with Crippen LogP contribution in [0.1, 0.15) is 33.3 Å². The molecular weight excluding hydrogens is 540 g/mol. The molecule has 3 rings (SSSR count). The van der Waals surface area contributed by atoms with Crippen molar-refractivity contribution in [3.63, 3.8) is 0 Å². The van der Waals surface area contributed by atoms with Crippen LogP contribution in [0.4, 0.5) is 0 Å². The Morgan fingerprint density at radius 2 is 1.39 bits per heavy atom. The predicted molar refractivity (Wildman–Crippen MR) is 140 cm³/mol. The van der Waals surface area contributed by atoms with Crippen LogP contribution < -0.4 is 4.74 Å². The van der Waals surface area contributed by atoms with Crippen LogP contribution in [-0.2, 0) is 58.8 Å². The van der Waals surface area contributed by atoms with Crippen molar-refractivity contribution in [2.45, 2.75) is 64.8 Å². The Balaban J connectivity index is 2.04. The van der Waals surface area contributed by atoms with Gasteiger partial charge in [0.25, 0.3) is 0 Å². The SMILES string of the molecule is COC(=O)Cc1cccc(-c2ccccc2O[C@@H]2O[C@H](COC(C)=O)[C@@H](OC(C)=O)[C@H](OC(C)=O)[C@@H]2OC(C)=O)c1. The summed E-state index contributed by atoms with van der Waals surface area (Å²) in [6.45, 7) is 4.23. The fourth-order valence-corrected chi connectivity index (χ4v) is 4.30. The summed E-state index contributed by atoms with van der Waals surface area (Å²) in [5.74, 6) is -2.96. The number of carbonyl (C=O) groups excluding carboxylic acids is 5. The van der Waals surface area contributed by atoms with E-state index in [0.717, 1.165) is 20.8 Å². The van der Waals surface area contributed by atoms with E-state index in [9.17, 15) is 24.0 Å². The van der Waals surface area contributed by atoms with Crippen molar-refractivity contribution in [3.8, 4) is 16.9 Å². The lowest BCUT2D eigenvalue weighted by Gasteiger charge is -2.44. The van der Waals surface area contributed by atoms with Gasteiger partial charge in [-0.25, -0.2) is 0 Å². The van der Waals surface area contributed by atoms with Crippen LogP contribution in [0.25, 0.3) is 11.1 Å². The number of methoxy groups -OCH3 is 1. The van der Waals surface area contributed by atoms with E-state index in [0.29, 0.717) is 22.4 Å². The first-order valence-corrected chi connectivity index (χ1v) is 12.7. The van der Waals surface area contributed by atoms with Crippen molar-refractivity contribution in [2.75, 3.05) is 13.7 Å². The number of benzene rings is 2. The Labute approximate surface area is 236 Å². The van der Waals surface area contributed by atoms with Gasteiger partial charge in [-0.05, 0) is 17.2 Å². The first-order chi connectivity index (χ1) is 19.5. The predicted octanol–water partition coefficient (Wildman–Crippen LogP) is 2.53. The molecule has 12 nitrogen and oxygen atoms in total. The largest absolute Gasteiger partial charge is 0.469 e. The number of hydrogen-bond acceptors (Lipinski definition) is 12. The third-order valence-corrected chi connectivity index (χ3v) is 5.89. The molecule has 1 heterocycles. The monoisotopic (exact) mass is 572 g/mol. The van der Waals surface area contributed by atoms with Crippen LogP contribution in [-0.4, -0.2) is 74.3 Å². The van der Waals surface area contributed by atoms with Gasteiger partial charge in [-0.2, -0.15) is 0 Å². The number of rotatable bonds is 10. The van der Waals surface area contributed by atoms with Gasteiger partial charge in [0.1, 0.15) is 18.5 Å². The number of ether oxygens (including phenoxy) is 7. The quantitative estimate of drug-likeness (QED) is 0.304. The van der Waals surface area contributed by atoms with Gasteiger partial charge in [-0.3, -0.25) is 24.0 Å². The molecule has 0 spiro atoms. The van der Waals surface area contributed by atoms with Crippen molar-refractivity contribution in [1.82, 2.24) is 0 Å². The van der Waals surface area contributed by atoms with E-state index in [1.807, 2.05) is 6.07 Å². The first kappa shape index (κ1) is 31.1. The Morgan fingerprint density at radius 3 is 2.02 bits per heavy atom. The molecule has 0 bridgehead atoms. The molecule has 41 heavy (non-hydrogen) atoms. The van der Waals surface area contributed by atoms with Crippen LogP contribution in [0.5, 0.6) is 5.75 Å². The van der Waals surface area contributed by atoms with Gasteiger partial charge < -0.3 is 33.2 Å². The second-order valence-electron chi connectivity index (χ2n) is 9.13. The van der Waals surface area contributed by atoms with Gasteiger partial charge in [0.15, 0.2) is 12.2 Å². The van der Waals surface area contributed by atoms with E-state index in [-0.39, 0.29) is 13.0 Å². The van der Waals surface area contributed by atoms with Gasteiger partial charge in [0.05, 0.1) is 13.5 Å². The van der Waals surface area contributed by atoms with E-state index in [1.54, 1.807) is 42.5 Å². The molecule has 0 aromatic heterocycles. The zero-order valence-electron chi connectivity index (χ0n) is 23.3. The lowest BCUT2D eigenvalue weighted by Crippen LogP contribution is -2.63. The highest BCUT2D eigenvalue weighted by molar-refractivity contribution is 5.75. The third kappa shape index (κ3) is 8.77. The van der Waals surface area contributed by atoms with E-state index in [1.165, 1.54) is 14.0 Å². The van der Waals surface area contributed by atoms with Crippen molar-refractivity contribution < 1.29 is 57.1 Å². The Morgan fingerprint density at radius 1 is 0.756 bits per heavy atom. The summed E-state index contributed by atoms with van der Waals surface area (Å²) in [6, 6.07) is 14.1. The molecule has 0 radical (unpaired) electrons. The van der Waals surface area contributed by atoms with E-state index in [2.05, 4.69) is 0 Å². The minimum absolute atomic E-state index is 0.0626. The molecule has 2 aromatic rings. The molecule has 0 saturated carbocycles. The fourth-order valence-electron chi connectivity index (χ4n) is 4.30. The zero-order chi connectivity index (χ0) is 30.1. The highest BCUT2D eigenvalue weighted by atomic mass is 16.7. The molecule has 220 valence electrons. The van der Waals surface area contributed by atoms with Crippen LogP contribution in [0.3, 0.4) is 0 Å². The standard InChI is InChI=1S/C29H32O12/c1-16(30)36-15-24-26(37-17(2)31)27(38-18(3)32)28(39-19(4)33)29(41-24)40-23-12-7-6-11-22(23)21-10-8-9-20(13-21)14-25(34)35-5/h6-13,24,26-29H,14-15H2,1-5H3/t24-,26-,27+,28+,29-/m1/s1. The second-order valence-corrected chi connectivity index (χ2v) is 9.13. The van der Waals surface area contributed by atoms with E-state index in [4.69, 9.17) is 33.2 Å². The topological polar surface area (TPSA) is 150 Å². The van der Waals surface area contributed by atoms with Gasteiger partial charge in [-0.15, -0.1) is 0 Å².